The highest BCUT2D eigenvalue weighted by molar-refractivity contribution is 7.22. The minimum absolute atomic E-state index is 0.0179. The van der Waals surface area contributed by atoms with Crippen LogP contribution in [-0.2, 0) is 11.3 Å². The number of rotatable bonds is 6. The lowest BCUT2D eigenvalue weighted by molar-refractivity contribution is -0.125. The Hall–Kier alpha value is -2.81. The average Bonchev–Trinajstić information content (AvgIpc) is 3.15. The van der Waals surface area contributed by atoms with Gasteiger partial charge in [0.1, 0.15) is 5.82 Å². The Balaban J connectivity index is 1.24. The highest BCUT2D eigenvalue weighted by Crippen LogP contribution is 2.31. The number of carbonyl (C=O) groups excluding carboxylic acids is 1. The number of hydrogen-bond acceptors (Lipinski definition) is 6. The van der Waals surface area contributed by atoms with Gasteiger partial charge in [-0.3, -0.25) is 9.59 Å². The molecule has 0 bridgehead atoms. The van der Waals surface area contributed by atoms with E-state index < -0.39 is 0 Å². The SMILES string of the molecule is O=C(NCCCn1ncccc1=O)C1CCN(c2nc3ccc(F)cc3s2)CC1. The predicted octanol–water partition coefficient (Wildman–Crippen LogP) is 2.41. The number of aryl methyl sites for hydroxylation is 1. The first-order valence-corrected chi connectivity index (χ1v) is 10.5. The normalized spacial score (nSPS) is 15.0. The van der Waals surface area contributed by atoms with Gasteiger partial charge in [0.15, 0.2) is 5.13 Å². The summed E-state index contributed by atoms with van der Waals surface area (Å²) in [5.41, 5.74) is 0.669. The molecule has 1 N–H and O–H groups in total. The monoisotopic (exact) mass is 415 g/mol. The van der Waals surface area contributed by atoms with Crippen LogP contribution in [-0.4, -0.2) is 40.3 Å². The maximum absolute atomic E-state index is 13.4. The number of benzene rings is 1. The summed E-state index contributed by atoms with van der Waals surface area (Å²) < 4.78 is 15.6. The number of piperidine rings is 1. The first kappa shape index (κ1) is 19.5. The maximum Gasteiger partial charge on any atom is 0.266 e. The van der Waals surface area contributed by atoms with Crippen molar-refractivity contribution in [2.45, 2.75) is 25.8 Å². The molecule has 0 radical (unpaired) electrons. The number of hydrogen-bond donors (Lipinski definition) is 1. The van der Waals surface area contributed by atoms with Crippen LogP contribution in [0.15, 0.2) is 41.3 Å². The van der Waals surface area contributed by atoms with Crippen molar-refractivity contribution < 1.29 is 9.18 Å². The Morgan fingerprint density at radius 3 is 2.90 bits per heavy atom. The largest absolute Gasteiger partial charge is 0.356 e. The smallest absolute Gasteiger partial charge is 0.266 e. The molecule has 152 valence electrons. The van der Waals surface area contributed by atoms with Crippen LogP contribution in [0.4, 0.5) is 9.52 Å². The van der Waals surface area contributed by atoms with E-state index in [1.165, 1.54) is 34.2 Å². The molecular formula is C20H22FN5O2S. The third-order valence-corrected chi connectivity index (χ3v) is 6.19. The molecular weight excluding hydrogens is 393 g/mol. The van der Waals surface area contributed by atoms with Crippen LogP contribution in [0.2, 0.25) is 0 Å². The van der Waals surface area contributed by atoms with Gasteiger partial charge in [0.25, 0.3) is 5.56 Å². The molecule has 0 spiro atoms. The van der Waals surface area contributed by atoms with E-state index in [-0.39, 0.29) is 23.2 Å². The molecule has 1 fully saturated rings. The molecule has 9 heteroatoms. The number of nitrogens with zero attached hydrogens (tertiary/aromatic N) is 4. The Bertz CT molecular complexity index is 1060. The molecule has 0 atom stereocenters. The van der Waals surface area contributed by atoms with Gasteiger partial charge in [0.05, 0.1) is 10.2 Å². The van der Waals surface area contributed by atoms with Gasteiger partial charge in [0.2, 0.25) is 5.91 Å². The molecule has 1 aromatic carbocycles. The predicted molar refractivity (Wildman–Crippen MR) is 111 cm³/mol. The first-order chi connectivity index (χ1) is 14.1. The zero-order valence-corrected chi connectivity index (χ0v) is 16.7. The molecule has 7 nitrogen and oxygen atoms in total. The summed E-state index contributed by atoms with van der Waals surface area (Å²) in [5, 5.41) is 7.85. The fourth-order valence-electron chi connectivity index (χ4n) is 3.49. The Labute approximate surface area is 171 Å². The van der Waals surface area contributed by atoms with E-state index in [0.717, 1.165) is 41.3 Å². The van der Waals surface area contributed by atoms with Crippen LogP contribution >= 0.6 is 11.3 Å². The van der Waals surface area contributed by atoms with E-state index in [2.05, 4.69) is 20.3 Å². The molecule has 1 saturated heterocycles. The Morgan fingerprint density at radius 1 is 1.28 bits per heavy atom. The maximum atomic E-state index is 13.4. The second kappa shape index (κ2) is 8.69. The van der Waals surface area contributed by atoms with Crippen molar-refractivity contribution in [2.24, 2.45) is 5.92 Å². The molecule has 0 unspecified atom stereocenters. The number of aromatic nitrogens is 3. The van der Waals surface area contributed by atoms with Crippen molar-refractivity contribution in [3.8, 4) is 0 Å². The summed E-state index contributed by atoms with van der Waals surface area (Å²) >= 11 is 1.48. The van der Waals surface area contributed by atoms with Crippen LogP contribution in [0.3, 0.4) is 0 Å². The molecule has 29 heavy (non-hydrogen) atoms. The van der Waals surface area contributed by atoms with Gasteiger partial charge >= 0.3 is 0 Å². The van der Waals surface area contributed by atoms with E-state index in [1.54, 1.807) is 18.3 Å². The summed E-state index contributed by atoms with van der Waals surface area (Å²) in [5.74, 6) is -0.212. The number of anilines is 1. The lowest BCUT2D eigenvalue weighted by Gasteiger charge is -2.31. The minimum atomic E-state index is -0.254. The van der Waals surface area contributed by atoms with Crippen molar-refractivity contribution in [2.75, 3.05) is 24.5 Å². The van der Waals surface area contributed by atoms with Crippen molar-refractivity contribution in [1.29, 1.82) is 0 Å². The number of fused-ring (bicyclic) bond motifs is 1. The average molecular weight is 415 g/mol. The number of amides is 1. The summed E-state index contributed by atoms with van der Waals surface area (Å²) in [6, 6.07) is 7.72. The molecule has 1 aliphatic rings. The molecule has 0 aliphatic carbocycles. The summed E-state index contributed by atoms with van der Waals surface area (Å²) in [6.45, 7) is 2.51. The van der Waals surface area contributed by atoms with Crippen LogP contribution < -0.4 is 15.8 Å². The van der Waals surface area contributed by atoms with E-state index >= 15 is 0 Å². The van der Waals surface area contributed by atoms with Crippen LogP contribution in [0, 0.1) is 11.7 Å². The third kappa shape index (κ3) is 4.61. The number of thiazole rings is 1. The molecule has 1 amide bonds. The van der Waals surface area contributed by atoms with Crippen LogP contribution in [0.1, 0.15) is 19.3 Å². The molecule has 4 rings (SSSR count). The molecule has 3 heterocycles. The lowest BCUT2D eigenvalue weighted by atomic mass is 9.96. The zero-order valence-electron chi connectivity index (χ0n) is 15.9. The number of carbonyl (C=O) groups is 1. The Kier molecular flexibility index (Phi) is 5.84. The van der Waals surface area contributed by atoms with Gasteiger partial charge in [-0.1, -0.05) is 11.3 Å². The van der Waals surface area contributed by atoms with Gasteiger partial charge in [-0.15, -0.1) is 0 Å². The quantitative estimate of drug-likeness (QED) is 0.626. The Morgan fingerprint density at radius 2 is 2.10 bits per heavy atom. The molecule has 1 aliphatic heterocycles. The number of nitrogens with one attached hydrogen (secondary N) is 1. The van der Waals surface area contributed by atoms with Crippen molar-refractivity contribution >= 4 is 32.6 Å². The fourth-order valence-corrected chi connectivity index (χ4v) is 4.54. The van der Waals surface area contributed by atoms with E-state index in [4.69, 9.17) is 0 Å². The molecule has 0 saturated carbocycles. The second-order valence-electron chi connectivity index (χ2n) is 7.10. The highest BCUT2D eigenvalue weighted by Gasteiger charge is 2.26. The molecule has 3 aromatic rings. The van der Waals surface area contributed by atoms with Crippen molar-refractivity contribution in [1.82, 2.24) is 20.1 Å². The summed E-state index contributed by atoms with van der Waals surface area (Å²) in [6.07, 6.45) is 3.76. The number of halogens is 1. The van der Waals surface area contributed by atoms with Gasteiger partial charge in [-0.05, 0) is 43.5 Å². The van der Waals surface area contributed by atoms with Crippen LogP contribution in [0.5, 0.6) is 0 Å². The van der Waals surface area contributed by atoms with Gasteiger partial charge in [-0.25, -0.2) is 14.1 Å². The summed E-state index contributed by atoms with van der Waals surface area (Å²) in [7, 11) is 0. The van der Waals surface area contributed by atoms with Crippen LogP contribution in [0.25, 0.3) is 10.2 Å². The van der Waals surface area contributed by atoms with Gasteiger partial charge in [0, 0.05) is 44.4 Å². The standard InChI is InChI=1S/C20H22FN5O2S/c21-15-4-5-16-17(13-15)29-20(24-16)25-11-6-14(7-12-25)19(28)22-8-2-10-26-18(27)3-1-9-23-26/h1,3-5,9,13-14H,2,6-8,10-12H2,(H,22,28). The molecule has 2 aromatic heterocycles. The minimum Gasteiger partial charge on any atom is -0.356 e. The van der Waals surface area contributed by atoms with E-state index in [1.807, 2.05) is 0 Å². The summed E-state index contributed by atoms with van der Waals surface area (Å²) in [4.78, 5) is 30.8. The van der Waals surface area contributed by atoms with Crippen molar-refractivity contribution in [3.63, 3.8) is 0 Å². The lowest BCUT2D eigenvalue weighted by Crippen LogP contribution is -2.41. The first-order valence-electron chi connectivity index (χ1n) is 9.71. The van der Waals surface area contributed by atoms with Gasteiger partial charge in [-0.2, -0.15) is 5.10 Å². The topological polar surface area (TPSA) is 80.1 Å². The van der Waals surface area contributed by atoms with Crippen molar-refractivity contribution in [3.05, 3.63) is 52.7 Å². The second-order valence-corrected chi connectivity index (χ2v) is 8.11. The van der Waals surface area contributed by atoms with E-state index in [9.17, 15) is 14.0 Å². The van der Waals surface area contributed by atoms with E-state index in [0.29, 0.717) is 19.5 Å². The zero-order chi connectivity index (χ0) is 20.2. The third-order valence-electron chi connectivity index (χ3n) is 5.11. The van der Waals surface area contributed by atoms with Gasteiger partial charge < -0.3 is 10.2 Å². The highest BCUT2D eigenvalue weighted by atomic mass is 32.1. The fraction of sp³-hybridized carbons (Fsp3) is 0.400.